The van der Waals surface area contributed by atoms with Crippen molar-refractivity contribution in [3.63, 3.8) is 0 Å². The zero-order valence-corrected chi connectivity index (χ0v) is 20.9. The van der Waals surface area contributed by atoms with Crippen molar-refractivity contribution in [3.05, 3.63) is 82.9 Å². The molecular weight excluding hydrogens is 474 g/mol. The second-order valence-electron chi connectivity index (χ2n) is 9.15. The molecule has 1 fully saturated rings. The molecule has 0 radical (unpaired) electrons. The van der Waals surface area contributed by atoms with Gasteiger partial charge in [0, 0.05) is 44.0 Å². The Hall–Kier alpha value is -3.49. The normalized spacial score (nSPS) is 15.5. The summed E-state index contributed by atoms with van der Waals surface area (Å²) in [5.74, 6) is 2.39. The van der Waals surface area contributed by atoms with Gasteiger partial charge in [0.1, 0.15) is 5.52 Å². The Morgan fingerprint density at radius 3 is 2.64 bits per heavy atom. The van der Waals surface area contributed by atoms with Gasteiger partial charge >= 0.3 is 0 Å². The highest BCUT2D eigenvalue weighted by Crippen LogP contribution is 2.33. The Morgan fingerprint density at radius 2 is 1.78 bits per heavy atom. The van der Waals surface area contributed by atoms with Gasteiger partial charge in [-0.25, -0.2) is 4.98 Å². The first-order chi connectivity index (χ1) is 17.6. The number of piperazine rings is 1. The summed E-state index contributed by atoms with van der Waals surface area (Å²) >= 11 is 1.55. The van der Waals surface area contributed by atoms with E-state index in [2.05, 4.69) is 16.0 Å². The molecule has 1 aromatic heterocycles. The smallest absolute Gasteiger partial charge is 0.257 e. The number of hydrogen-bond acceptors (Lipinski definition) is 7. The van der Waals surface area contributed by atoms with Crippen molar-refractivity contribution >= 4 is 28.8 Å². The molecule has 0 N–H and O–H groups in total. The zero-order valence-electron chi connectivity index (χ0n) is 20.1. The number of para-hydroxylation sites is 1. The summed E-state index contributed by atoms with van der Waals surface area (Å²) in [5.41, 5.74) is 5.81. The van der Waals surface area contributed by atoms with Crippen LogP contribution in [0, 0.1) is 6.92 Å². The average molecular weight is 502 g/mol. The third-order valence-electron chi connectivity index (χ3n) is 6.64. The lowest BCUT2D eigenvalue weighted by atomic mass is 10.1. The van der Waals surface area contributed by atoms with E-state index < -0.39 is 0 Å². The molecule has 0 saturated carbocycles. The molecule has 0 spiro atoms. The lowest BCUT2D eigenvalue weighted by molar-refractivity contribution is 0.0628. The molecule has 3 aromatic carbocycles. The van der Waals surface area contributed by atoms with E-state index in [0.717, 1.165) is 58.9 Å². The highest BCUT2D eigenvalue weighted by molar-refractivity contribution is 7.98. The number of amides is 1. The van der Waals surface area contributed by atoms with Crippen molar-refractivity contribution in [1.29, 1.82) is 0 Å². The van der Waals surface area contributed by atoms with Crippen molar-refractivity contribution in [3.8, 4) is 11.5 Å². The van der Waals surface area contributed by atoms with Gasteiger partial charge < -0.3 is 18.8 Å². The molecule has 7 nitrogen and oxygen atoms in total. The molecule has 0 aliphatic carbocycles. The molecule has 8 heteroatoms. The number of aromatic nitrogens is 1. The fraction of sp³-hybridized carbons (Fsp3) is 0.286. The summed E-state index contributed by atoms with van der Waals surface area (Å²) in [7, 11) is 0. The van der Waals surface area contributed by atoms with E-state index >= 15 is 0 Å². The van der Waals surface area contributed by atoms with E-state index in [0.29, 0.717) is 24.1 Å². The number of carbonyl (C=O) groups excluding carboxylic acids is 1. The van der Waals surface area contributed by atoms with Gasteiger partial charge in [-0.05, 0) is 53.9 Å². The first-order valence-corrected chi connectivity index (χ1v) is 13.1. The predicted molar refractivity (Wildman–Crippen MR) is 138 cm³/mol. The van der Waals surface area contributed by atoms with Crippen molar-refractivity contribution in [1.82, 2.24) is 14.8 Å². The van der Waals surface area contributed by atoms with Gasteiger partial charge in [-0.1, -0.05) is 42.1 Å². The highest BCUT2D eigenvalue weighted by atomic mass is 32.2. The lowest BCUT2D eigenvalue weighted by Gasteiger charge is -2.34. The Balaban J connectivity index is 1.04. The summed E-state index contributed by atoms with van der Waals surface area (Å²) < 4.78 is 16.8. The molecule has 0 bridgehead atoms. The van der Waals surface area contributed by atoms with Crippen LogP contribution in [0.3, 0.4) is 0 Å². The van der Waals surface area contributed by atoms with Crippen LogP contribution in [0.25, 0.3) is 11.1 Å². The van der Waals surface area contributed by atoms with Gasteiger partial charge in [0.05, 0.1) is 0 Å². The number of nitrogens with zero attached hydrogens (tertiary/aromatic N) is 3. The first kappa shape index (κ1) is 22.9. The van der Waals surface area contributed by atoms with Crippen LogP contribution in [-0.4, -0.2) is 53.7 Å². The zero-order chi connectivity index (χ0) is 24.5. The number of rotatable bonds is 6. The molecule has 2 aliphatic rings. The minimum Gasteiger partial charge on any atom is -0.454 e. The number of ether oxygens (including phenoxy) is 2. The fourth-order valence-electron chi connectivity index (χ4n) is 4.66. The quantitative estimate of drug-likeness (QED) is 0.340. The minimum absolute atomic E-state index is 0.0852. The molecule has 3 heterocycles. The standard InChI is InChI=1S/C28H27N3O4S/c1-19-4-2-7-24-26(19)29-28(35-24)36-17-21-5-3-6-22(14-21)27(32)31-12-10-30(11-13-31)16-20-8-9-23-25(15-20)34-18-33-23/h2-9,14-15H,10-13,16-18H2,1H3. The van der Waals surface area contributed by atoms with Crippen LogP contribution in [0.5, 0.6) is 11.5 Å². The van der Waals surface area contributed by atoms with Gasteiger partial charge in [0.25, 0.3) is 11.1 Å². The van der Waals surface area contributed by atoms with Crippen molar-refractivity contribution < 1.29 is 18.7 Å². The van der Waals surface area contributed by atoms with Gasteiger partial charge in [0.2, 0.25) is 6.79 Å². The van der Waals surface area contributed by atoms with Crippen molar-refractivity contribution in [2.45, 2.75) is 24.4 Å². The van der Waals surface area contributed by atoms with Crippen LogP contribution in [0.4, 0.5) is 0 Å². The number of oxazole rings is 1. The molecule has 0 atom stereocenters. The molecular formula is C28H27N3O4S. The number of carbonyl (C=O) groups is 1. The number of thioether (sulfide) groups is 1. The third kappa shape index (κ3) is 4.79. The van der Waals surface area contributed by atoms with E-state index in [9.17, 15) is 4.79 Å². The van der Waals surface area contributed by atoms with Crippen LogP contribution in [-0.2, 0) is 12.3 Å². The number of fused-ring (bicyclic) bond motifs is 2. The summed E-state index contributed by atoms with van der Waals surface area (Å²) in [6.07, 6.45) is 0. The Kier molecular flexibility index (Phi) is 6.29. The third-order valence-corrected chi connectivity index (χ3v) is 7.54. The Morgan fingerprint density at radius 1 is 0.944 bits per heavy atom. The first-order valence-electron chi connectivity index (χ1n) is 12.1. The second-order valence-corrected chi connectivity index (χ2v) is 10.1. The molecule has 6 rings (SSSR count). The molecule has 2 aliphatic heterocycles. The van der Waals surface area contributed by atoms with Crippen LogP contribution < -0.4 is 9.47 Å². The number of aryl methyl sites for hydroxylation is 1. The lowest BCUT2D eigenvalue weighted by Crippen LogP contribution is -2.48. The topological polar surface area (TPSA) is 68.0 Å². The van der Waals surface area contributed by atoms with Gasteiger partial charge in [-0.3, -0.25) is 9.69 Å². The molecule has 36 heavy (non-hydrogen) atoms. The maximum Gasteiger partial charge on any atom is 0.257 e. The van der Waals surface area contributed by atoms with E-state index in [-0.39, 0.29) is 12.7 Å². The van der Waals surface area contributed by atoms with Crippen LogP contribution in [0.2, 0.25) is 0 Å². The number of benzene rings is 3. The molecule has 184 valence electrons. The summed E-state index contributed by atoms with van der Waals surface area (Å²) in [5, 5.41) is 0.648. The molecule has 1 amide bonds. The van der Waals surface area contributed by atoms with Crippen LogP contribution in [0.15, 0.2) is 70.3 Å². The average Bonchev–Trinajstić information content (AvgIpc) is 3.55. The minimum atomic E-state index is 0.0852. The summed E-state index contributed by atoms with van der Waals surface area (Å²) in [4.78, 5) is 22.2. The molecule has 4 aromatic rings. The molecule has 1 saturated heterocycles. The van der Waals surface area contributed by atoms with Crippen molar-refractivity contribution in [2.75, 3.05) is 33.0 Å². The van der Waals surface area contributed by atoms with Gasteiger partial charge in [-0.2, -0.15) is 0 Å². The SMILES string of the molecule is Cc1cccc2oc(SCc3cccc(C(=O)N4CCN(Cc5ccc6c(c5)OCO6)CC4)c3)nc12. The summed E-state index contributed by atoms with van der Waals surface area (Å²) in [6.45, 7) is 6.26. The van der Waals surface area contributed by atoms with E-state index in [1.54, 1.807) is 11.8 Å². The Bertz CT molecular complexity index is 1410. The van der Waals surface area contributed by atoms with Crippen LogP contribution >= 0.6 is 11.8 Å². The van der Waals surface area contributed by atoms with Crippen molar-refractivity contribution in [2.24, 2.45) is 0 Å². The summed E-state index contributed by atoms with van der Waals surface area (Å²) in [6, 6.07) is 19.9. The van der Waals surface area contributed by atoms with Gasteiger partial charge in [0.15, 0.2) is 17.1 Å². The van der Waals surface area contributed by atoms with Crippen LogP contribution in [0.1, 0.15) is 27.0 Å². The van der Waals surface area contributed by atoms with E-state index in [4.69, 9.17) is 13.9 Å². The van der Waals surface area contributed by atoms with E-state index in [1.165, 1.54) is 5.56 Å². The van der Waals surface area contributed by atoms with Gasteiger partial charge in [-0.15, -0.1) is 0 Å². The molecule has 0 unspecified atom stereocenters. The fourth-order valence-corrected chi connectivity index (χ4v) is 5.43. The Labute approximate surface area is 214 Å². The maximum atomic E-state index is 13.2. The van der Waals surface area contributed by atoms with E-state index in [1.807, 2.05) is 66.4 Å². The largest absolute Gasteiger partial charge is 0.454 e. The highest BCUT2D eigenvalue weighted by Gasteiger charge is 2.23. The predicted octanol–water partition coefficient (Wildman–Crippen LogP) is 5.12. The monoisotopic (exact) mass is 501 g/mol. The maximum absolute atomic E-state index is 13.2. The second kappa shape index (κ2) is 9.87. The number of hydrogen-bond donors (Lipinski definition) is 0.